The number of methoxy groups -OCH3 is 1. The van der Waals surface area contributed by atoms with Crippen LogP contribution in [0.1, 0.15) is 11.3 Å². The number of hydrogen-bond acceptors (Lipinski definition) is 5. The lowest BCUT2D eigenvalue weighted by molar-refractivity contribution is -0.122. The third-order valence-corrected chi connectivity index (χ3v) is 2.68. The predicted molar refractivity (Wildman–Crippen MR) is 70.8 cm³/mol. The van der Waals surface area contributed by atoms with E-state index in [0.29, 0.717) is 12.2 Å². The van der Waals surface area contributed by atoms with E-state index in [1.54, 1.807) is 7.11 Å². The highest BCUT2D eigenvalue weighted by molar-refractivity contribution is 5.75. The standard InChI is InChI=1S/C13H16N4O3/c1-20-12-4-2-3-10(5-12)6-14-13(19)8-17-7-11(9-18)15-16-17/h2-5,7,18H,6,8-9H2,1H3,(H,14,19). The molecule has 0 aliphatic carbocycles. The molecule has 2 N–H and O–H groups in total. The molecule has 0 bridgehead atoms. The Labute approximate surface area is 116 Å². The molecule has 0 aliphatic rings. The number of carbonyl (C=O) groups excluding carboxylic acids is 1. The van der Waals surface area contributed by atoms with Gasteiger partial charge in [0.05, 0.1) is 19.9 Å². The lowest BCUT2D eigenvalue weighted by atomic mass is 10.2. The second kappa shape index (κ2) is 6.67. The van der Waals surface area contributed by atoms with Crippen LogP contribution in [0, 0.1) is 0 Å². The first kappa shape index (κ1) is 14.0. The zero-order chi connectivity index (χ0) is 14.4. The molecule has 0 spiro atoms. The molecule has 1 heterocycles. The summed E-state index contributed by atoms with van der Waals surface area (Å²) in [5.74, 6) is 0.572. The molecule has 7 nitrogen and oxygen atoms in total. The predicted octanol–water partition coefficient (Wildman–Crippen LogP) is 0.0954. The van der Waals surface area contributed by atoms with Crippen LogP contribution in [0.4, 0.5) is 0 Å². The number of rotatable bonds is 6. The monoisotopic (exact) mass is 276 g/mol. The molecule has 2 rings (SSSR count). The van der Waals surface area contributed by atoms with Crippen LogP contribution >= 0.6 is 0 Å². The fraction of sp³-hybridized carbons (Fsp3) is 0.308. The average molecular weight is 276 g/mol. The summed E-state index contributed by atoms with van der Waals surface area (Å²) in [5, 5.41) is 19.1. The van der Waals surface area contributed by atoms with Gasteiger partial charge in [0.15, 0.2) is 0 Å². The van der Waals surface area contributed by atoms with Gasteiger partial charge in [-0.3, -0.25) is 4.79 Å². The van der Waals surface area contributed by atoms with E-state index in [0.717, 1.165) is 11.3 Å². The highest BCUT2D eigenvalue weighted by Gasteiger charge is 2.05. The van der Waals surface area contributed by atoms with E-state index in [-0.39, 0.29) is 19.1 Å². The molecule has 0 saturated carbocycles. The number of aliphatic hydroxyl groups is 1. The van der Waals surface area contributed by atoms with E-state index in [4.69, 9.17) is 9.84 Å². The Kier molecular flexibility index (Phi) is 4.67. The third kappa shape index (κ3) is 3.79. The SMILES string of the molecule is COc1cccc(CNC(=O)Cn2cc(CO)nn2)c1. The number of benzene rings is 1. The van der Waals surface area contributed by atoms with E-state index in [1.165, 1.54) is 10.9 Å². The van der Waals surface area contributed by atoms with Crippen molar-refractivity contribution in [1.82, 2.24) is 20.3 Å². The average Bonchev–Trinajstić information content (AvgIpc) is 2.93. The van der Waals surface area contributed by atoms with Crippen molar-refractivity contribution < 1.29 is 14.6 Å². The summed E-state index contributed by atoms with van der Waals surface area (Å²) in [5.41, 5.74) is 1.39. The van der Waals surface area contributed by atoms with Crippen molar-refractivity contribution in [3.8, 4) is 5.75 Å². The van der Waals surface area contributed by atoms with Crippen molar-refractivity contribution in [2.45, 2.75) is 19.7 Å². The normalized spacial score (nSPS) is 10.3. The smallest absolute Gasteiger partial charge is 0.242 e. The van der Waals surface area contributed by atoms with Crippen LogP contribution < -0.4 is 10.1 Å². The number of amides is 1. The Morgan fingerprint density at radius 1 is 1.50 bits per heavy atom. The number of aliphatic hydroxyl groups excluding tert-OH is 1. The maximum absolute atomic E-state index is 11.7. The molecule has 0 unspecified atom stereocenters. The van der Waals surface area contributed by atoms with Crippen molar-refractivity contribution in [3.63, 3.8) is 0 Å². The largest absolute Gasteiger partial charge is 0.497 e. The van der Waals surface area contributed by atoms with Gasteiger partial charge >= 0.3 is 0 Å². The number of aromatic nitrogens is 3. The van der Waals surface area contributed by atoms with Gasteiger partial charge in [0.2, 0.25) is 5.91 Å². The van der Waals surface area contributed by atoms with Crippen LogP contribution in [0.3, 0.4) is 0 Å². The van der Waals surface area contributed by atoms with Crippen LogP contribution in [-0.2, 0) is 24.5 Å². The first-order valence-electron chi connectivity index (χ1n) is 6.11. The van der Waals surface area contributed by atoms with Gasteiger partial charge in [0.25, 0.3) is 0 Å². The Morgan fingerprint density at radius 2 is 2.35 bits per heavy atom. The Balaban J connectivity index is 1.85. The summed E-state index contributed by atoms with van der Waals surface area (Å²) >= 11 is 0. The lowest BCUT2D eigenvalue weighted by Gasteiger charge is -2.06. The second-order valence-electron chi connectivity index (χ2n) is 4.19. The minimum absolute atomic E-state index is 0.0664. The summed E-state index contributed by atoms with van der Waals surface area (Å²) in [7, 11) is 1.60. The number of hydrogen-bond donors (Lipinski definition) is 2. The summed E-state index contributed by atoms with van der Waals surface area (Å²) in [6.45, 7) is 0.292. The van der Waals surface area contributed by atoms with Crippen LogP contribution in [0.2, 0.25) is 0 Å². The van der Waals surface area contributed by atoms with Gasteiger partial charge in [0.1, 0.15) is 18.0 Å². The summed E-state index contributed by atoms with van der Waals surface area (Å²) in [6.07, 6.45) is 1.53. The molecule has 2 aromatic rings. The first-order valence-corrected chi connectivity index (χ1v) is 6.11. The maximum Gasteiger partial charge on any atom is 0.242 e. The highest BCUT2D eigenvalue weighted by Crippen LogP contribution is 2.12. The van der Waals surface area contributed by atoms with Crippen molar-refractivity contribution in [1.29, 1.82) is 0 Å². The molecule has 0 radical (unpaired) electrons. The minimum atomic E-state index is -0.189. The number of nitrogens with zero attached hydrogens (tertiary/aromatic N) is 3. The van der Waals surface area contributed by atoms with E-state index < -0.39 is 0 Å². The van der Waals surface area contributed by atoms with Gasteiger partial charge in [-0.2, -0.15) is 0 Å². The quantitative estimate of drug-likeness (QED) is 0.781. The molecule has 7 heteroatoms. The lowest BCUT2D eigenvalue weighted by Crippen LogP contribution is -2.27. The van der Waals surface area contributed by atoms with Gasteiger partial charge in [0, 0.05) is 6.54 Å². The molecule has 0 fully saturated rings. The van der Waals surface area contributed by atoms with Crippen LogP contribution in [-0.4, -0.2) is 33.1 Å². The Morgan fingerprint density at radius 3 is 3.05 bits per heavy atom. The molecule has 0 atom stereocenters. The van der Waals surface area contributed by atoms with E-state index >= 15 is 0 Å². The van der Waals surface area contributed by atoms with Crippen LogP contribution in [0.15, 0.2) is 30.5 Å². The number of nitrogens with one attached hydrogen (secondary N) is 1. The van der Waals surface area contributed by atoms with Gasteiger partial charge < -0.3 is 15.2 Å². The van der Waals surface area contributed by atoms with E-state index in [9.17, 15) is 4.79 Å². The molecular weight excluding hydrogens is 260 g/mol. The molecular formula is C13H16N4O3. The first-order chi connectivity index (χ1) is 9.71. The second-order valence-corrected chi connectivity index (χ2v) is 4.19. The van der Waals surface area contributed by atoms with Crippen molar-refractivity contribution in [3.05, 3.63) is 41.7 Å². The van der Waals surface area contributed by atoms with Gasteiger partial charge in [-0.25, -0.2) is 4.68 Å². The molecule has 106 valence electrons. The molecule has 0 aliphatic heterocycles. The molecule has 20 heavy (non-hydrogen) atoms. The fourth-order valence-electron chi connectivity index (χ4n) is 1.67. The number of ether oxygens (including phenoxy) is 1. The Bertz CT molecular complexity index is 583. The minimum Gasteiger partial charge on any atom is -0.497 e. The van der Waals surface area contributed by atoms with Crippen molar-refractivity contribution in [2.75, 3.05) is 7.11 Å². The van der Waals surface area contributed by atoms with Crippen molar-refractivity contribution >= 4 is 5.91 Å². The topological polar surface area (TPSA) is 89.3 Å². The molecule has 1 aromatic heterocycles. The third-order valence-electron chi connectivity index (χ3n) is 2.68. The van der Waals surface area contributed by atoms with E-state index in [2.05, 4.69) is 15.6 Å². The zero-order valence-corrected chi connectivity index (χ0v) is 11.1. The van der Waals surface area contributed by atoms with Gasteiger partial charge in [-0.15, -0.1) is 5.10 Å². The molecule has 1 aromatic carbocycles. The highest BCUT2D eigenvalue weighted by atomic mass is 16.5. The van der Waals surface area contributed by atoms with Crippen LogP contribution in [0.25, 0.3) is 0 Å². The summed E-state index contributed by atoms with van der Waals surface area (Å²) in [6, 6.07) is 7.48. The maximum atomic E-state index is 11.7. The summed E-state index contributed by atoms with van der Waals surface area (Å²) < 4.78 is 6.50. The van der Waals surface area contributed by atoms with Gasteiger partial charge in [-0.05, 0) is 17.7 Å². The van der Waals surface area contributed by atoms with E-state index in [1.807, 2.05) is 24.3 Å². The van der Waals surface area contributed by atoms with Gasteiger partial charge in [-0.1, -0.05) is 17.3 Å². The Hall–Kier alpha value is -2.41. The summed E-state index contributed by atoms with van der Waals surface area (Å²) in [4.78, 5) is 11.7. The molecule has 1 amide bonds. The molecule has 0 saturated heterocycles. The van der Waals surface area contributed by atoms with Crippen LogP contribution in [0.5, 0.6) is 5.75 Å². The zero-order valence-electron chi connectivity index (χ0n) is 11.1. The fourth-order valence-corrected chi connectivity index (χ4v) is 1.67. The number of carbonyl (C=O) groups is 1. The van der Waals surface area contributed by atoms with Crippen molar-refractivity contribution in [2.24, 2.45) is 0 Å².